The smallest absolute Gasteiger partial charge is 0.416 e. The van der Waals surface area contributed by atoms with Crippen molar-refractivity contribution in [1.29, 1.82) is 0 Å². The highest BCUT2D eigenvalue weighted by Crippen LogP contribution is 2.29. The van der Waals surface area contributed by atoms with Crippen LogP contribution < -0.4 is 10.6 Å². The molecule has 0 aliphatic heterocycles. The van der Waals surface area contributed by atoms with Gasteiger partial charge in [-0.3, -0.25) is 4.68 Å². The molecule has 2 heterocycles. The fraction of sp³-hybridized carbons (Fsp3) is 0.333. The van der Waals surface area contributed by atoms with Crippen LogP contribution in [0.3, 0.4) is 0 Å². The van der Waals surface area contributed by atoms with E-state index in [-0.39, 0.29) is 30.5 Å². The molecular formula is C21H25F3IN5O. The number of nitrogens with one attached hydrogen (secondary N) is 2. The van der Waals surface area contributed by atoms with Crippen LogP contribution in [0.5, 0.6) is 0 Å². The molecule has 0 radical (unpaired) electrons. The minimum atomic E-state index is -4.37. The molecule has 10 heteroatoms. The minimum absolute atomic E-state index is 0. The van der Waals surface area contributed by atoms with Gasteiger partial charge in [0, 0.05) is 38.4 Å². The molecule has 0 spiro atoms. The zero-order valence-electron chi connectivity index (χ0n) is 16.8. The molecule has 2 aromatic heterocycles. The third kappa shape index (κ3) is 8.64. The number of aromatic nitrogens is 2. The Morgan fingerprint density at radius 1 is 1.10 bits per heavy atom. The molecule has 0 aliphatic carbocycles. The van der Waals surface area contributed by atoms with Crippen LogP contribution in [0.25, 0.3) is 0 Å². The highest BCUT2D eigenvalue weighted by molar-refractivity contribution is 14.0. The summed E-state index contributed by atoms with van der Waals surface area (Å²) < 4.78 is 45.9. The molecule has 0 saturated heterocycles. The average Bonchev–Trinajstić information content (AvgIpc) is 3.42. The number of nitrogens with zero attached hydrogens (tertiary/aromatic N) is 3. The molecule has 3 aromatic rings. The molecule has 0 amide bonds. The van der Waals surface area contributed by atoms with E-state index in [9.17, 15) is 13.2 Å². The van der Waals surface area contributed by atoms with Crippen molar-refractivity contribution in [3.05, 3.63) is 78.0 Å². The van der Waals surface area contributed by atoms with E-state index in [1.807, 2.05) is 29.1 Å². The van der Waals surface area contributed by atoms with E-state index in [0.29, 0.717) is 31.0 Å². The van der Waals surface area contributed by atoms with Crippen molar-refractivity contribution < 1.29 is 17.6 Å². The molecule has 31 heavy (non-hydrogen) atoms. The predicted molar refractivity (Wildman–Crippen MR) is 123 cm³/mol. The van der Waals surface area contributed by atoms with Crippen molar-refractivity contribution in [2.45, 2.75) is 32.1 Å². The van der Waals surface area contributed by atoms with Gasteiger partial charge in [0.25, 0.3) is 0 Å². The van der Waals surface area contributed by atoms with Crippen LogP contribution in [0.2, 0.25) is 0 Å². The summed E-state index contributed by atoms with van der Waals surface area (Å²) in [5.41, 5.74) is -0.178. The van der Waals surface area contributed by atoms with Crippen molar-refractivity contribution in [2.75, 3.05) is 13.1 Å². The molecule has 168 valence electrons. The van der Waals surface area contributed by atoms with Crippen LogP contribution in [-0.4, -0.2) is 28.8 Å². The van der Waals surface area contributed by atoms with Crippen molar-refractivity contribution in [3.8, 4) is 0 Å². The van der Waals surface area contributed by atoms with Crippen molar-refractivity contribution in [1.82, 2.24) is 20.4 Å². The monoisotopic (exact) mass is 547 g/mol. The Bertz CT molecular complexity index is 912. The molecule has 0 saturated carbocycles. The van der Waals surface area contributed by atoms with Crippen molar-refractivity contribution >= 4 is 29.9 Å². The number of aliphatic imine (C=N–C) groups is 1. The molecule has 0 aliphatic rings. The second-order valence-electron chi connectivity index (χ2n) is 6.67. The molecule has 0 unspecified atom stereocenters. The van der Waals surface area contributed by atoms with Crippen LogP contribution in [-0.2, 0) is 25.7 Å². The van der Waals surface area contributed by atoms with Gasteiger partial charge in [0.2, 0.25) is 0 Å². The fourth-order valence-corrected chi connectivity index (χ4v) is 2.83. The van der Waals surface area contributed by atoms with E-state index in [4.69, 9.17) is 4.42 Å². The maximum atomic E-state index is 12.9. The quantitative estimate of drug-likeness (QED) is 0.180. The first-order valence-corrected chi connectivity index (χ1v) is 9.69. The van der Waals surface area contributed by atoms with Gasteiger partial charge in [-0.15, -0.1) is 24.0 Å². The van der Waals surface area contributed by atoms with Crippen molar-refractivity contribution in [3.63, 3.8) is 0 Å². The van der Waals surface area contributed by atoms with Crippen LogP contribution in [0, 0.1) is 0 Å². The zero-order valence-corrected chi connectivity index (χ0v) is 19.1. The van der Waals surface area contributed by atoms with Gasteiger partial charge in [-0.2, -0.15) is 18.3 Å². The number of rotatable bonds is 9. The van der Waals surface area contributed by atoms with Gasteiger partial charge in [0.05, 0.1) is 18.4 Å². The third-order valence-electron chi connectivity index (χ3n) is 4.33. The maximum absolute atomic E-state index is 12.9. The van der Waals surface area contributed by atoms with Crippen molar-refractivity contribution in [2.24, 2.45) is 4.99 Å². The Kier molecular flexibility index (Phi) is 9.89. The number of guanidine groups is 1. The molecule has 0 atom stereocenters. The summed E-state index contributed by atoms with van der Waals surface area (Å²) in [4.78, 5) is 4.44. The first kappa shape index (κ1) is 24.8. The number of halogens is 4. The first-order chi connectivity index (χ1) is 14.5. The Morgan fingerprint density at radius 3 is 2.65 bits per heavy atom. The number of aryl methyl sites for hydroxylation is 1. The van der Waals surface area contributed by atoms with E-state index >= 15 is 0 Å². The predicted octanol–water partition coefficient (Wildman–Crippen LogP) is 4.48. The highest BCUT2D eigenvalue weighted by Gasteiger charge is 2.30. The van der Waals surface area contributed by atoms with E-state index in [0.717, 1.165) is 30.9 Å². The zero-order chi connectivity index (χ0) is 21.2. The Morgan fingerprint density at radius 2 is 1.94 bits per heavy atom. The van der Waals surface area contributed by atoms with Gasteiger partial charge < -0.3 is 15.1 Å². The molecule has 0 bridgehead atoms. The minimum Gasteiger partial charge on any atom is -0.469 e. The maximum Gasteiger partial charge on any atom is 0.416 e. The second-order valence-corrected chi connectivity index (χ2v) is 6.67. The summed E-state index contributed by atoms with van der Waals surface area (Å²) in [7, 11) is 0. The number of hydrogen-bond donors (Lipinski definition) is 2. The third-order valence-corrected chi connectivity index (χ3v) is 4.33. The number of benzene rings is 1. The van der Waals surface area contributed by atoms with Gasteiger partial charge >= 0.3 is 6.18 Å². The lowest BCUT2D eigenvalue weighted by Crippen LogP contribution is -2.39. The lowest BCUT2D eigenvalue weighted by Gasteiger charge is -2.13. The van der Waals surface area contributed by atoms with Crippen LogP contribution in [0.4, 0.5) is 13.2 Å². The molecular weight excluding hydrogens is 522 g/mol. The summed E-state index contributed by atoms with van der Waals surface area (Å²) in [6.07, 6.45) is 2.37. The topological polar surface area (TPSA) is 67.4 Å². The number of furan rings is 1. The summed E-state index contributed by atoms with van der Waals surface area (Å²) in [5, 5.41) is 10.6. The van der Waals surface area contributed by atoms with Gasteiger partial charge in [0.15, 0.2) is 5.96 Å². The lowest BCUT2D eigenvalue weighted by molar-refractivity contribution is -0.137. The summed E-state index contributed by atoms with van der Waals surface area (Å²) in [5.74, 6) is 1.39. The number of alkyl halides is 3. The standard InChI is InChI=1S/C21H24F3N5O.HI/c22-21(23,24)18-6-1-5-17(15-18)16-27-20(26-11-8-19-7-2-14-30-19)25-9-3-12-29-13-4-10-28-29;/h1-2,4-7,10,13-15H,3,8-9,11-12,16H2,(H2,25,26,27);1H. The van der Waals surface area contributed by atoms with Crippen LogP contribution in [0.15, 0.2) is 70.5 Å². The summed E-state index contributed by atoms with van der Waals surface area (Å²) in [6.45, 7) is 2.13. The molecule has 6 nitrogen and oxygen atoms in total. The van der Waals surface area contributed by atoms with Crippen LogP contribution in [0.1, 0.15) is 23.3 Å². The molecule has 0 fully saturated rings. The van der Waals surface area contributed by atoms with Gasteiger partial charge in [0.1, 0.15) is 5.76 Å². The lowest BCUT2D eigenvalue weighted by atomic mass is 10.1. The average molecular weight is 547 g/mol. The molecule has 3 rings (SSSR count). The van der Waals surface area contributed by atoms with Gasteiger partial charge in [-0.05, 0) is 42.3 Å². The fourth-order valence-electron chi connectivity index (χ4n) is 2.83. The highest BCUT2D eigenvalue weighted by atomic mass is 127. The molecule has 1 aromatic carbocycles. The van der Waals surface area contributed by atoms with Gasteiger partial charge in [-0.1, -0.05) is 12.1 Å². The summed E-state index contributed by atoms with van der Waals surface area (Å²) in [6, 6.07) is 10.8. The van der Waals surface area contributed by atoms with Gasteiger partial charge in [-0.25, -0.2) is 4.99 Å². The van der Waals surface area contributed by atoms with E-state index in [1.54, 1.807) is 18.5 Å². The van der Waals surface area contributed by atoms with Crippen LogP contribution >= 0.6 is 24.0 Å². The first-order valence-electron chi connectivity index (χ1n) is 9.69. The normalized spacial score (nSPS) is 11.8. The largest absolute Gasteiger partial charge is 0.469 e. The van der Waals surface area contributed by atoms with E-state index in [1.165, 1.54) is 6.07 Å². The van der Waals surface area contributed by atoms with E-state index in [2.05, 4.69) is 20.7 Å². The van der Waals surface area contributed by atoms with E-state index < -0.39 is 11.7 Å². The Balaban J connectivity index is 0.00000341. The Hall–Kier alpha value is -2.50. The number of hydrogen-bond acceptors (Lipinski definition) is 3. The second kappa shape index (κ2) is 12.4. The Labute approximate surface area is 196 Å². The summed E-state index contributed by atoms with van der Waals surface area (Å²) >= 11 is 0. The molecule has 2 N–H and O–H groups in total. The SMILES string of the molecule is FC(F)(F)c1cccc(CN=C(NCCCn2cccn2)NCCc2ccco2)c1.I.